The van der Waals surface area contributed by atoms with Crippen LogP contribution in [0.2, 0.25) is 0 Å². The molecule has 26 heavy (non-hydrogen) atoms. The number of hydrogen-bond donors (Lipinski definition) is 0. The van der Waals surface area contributed by atoms with Gasteiger partial charge in [0.1, 0.15) is 17.1 Å². The first-order valence-corrected chi connectivity index (χ1v) is 8.95. The lowest BCUT2D eigenvalue weighted by Gasteiger charge is -2.16. The molecule has 0 saturated carbocycles. The molecule has 0 aliphatic heterocycles. The average Bonchev–Trinajstić information content (AvgIpc) is 3.28. The predicted molar refractivity (Wildman–Crippen MR) is 100 cm³/mol. The standard InChI is InChI=1S/C20H19NO4S/c1-13-17(20(23)24-3)11-15(25-13)12-21(2)19(22)18-16(9-10-26-18)14-7-5-4-6-8-14/h4-11H,12H2,1-3H3. The number of esters is 1. The number of rotatable bonds is 5. The summed E-state index contributed by atoms with van der Waals surface area (Å²) < 4.78 is 10.3. The van der Waals surface area contributed by atoms with E-state index in [-0.39, 0.29) is 12.5 Å². The smallest absolute Gasteiger partial charge is 0.341 e. The Morgan fingerprint density at radius 3 is 2.62 bits per heavy atom. The Labute approximate surface area is 155 Å². The SMILES string of the molecule is COC(=O)c1cc(CN(C)C(=O)c2sccc2-c2ccccc2)oc1C. The van der Waals surface area contributed by atoms with Gasteiger partial charge < -0.3 is 14.1 Å². The first-order chi connectivity index (χ1) is 12.5. The highest BCUT2D eigenvalue weighted by atomic mass is 32.1. The second-order valence-electron chi connectivity index (χ2n) is 5.86. The summed E-state index contributed by atoms with van der Waals surface area (Å²) in [4.78, 5) is 26.8. The van der Waals surface area contributed by atoms with Gasteiger partial charge in [-0.15, -0.1) is 11.3 Å². The Kier molecular flexibility index (Phi) is 5.23. The molecule has 1 aromatic carbocycles. The number of aryl methyl sites for hydroxylation is 1. The van der Waals surface area contributed by atoms with Gasteiger partial charge in [-0.25, -0.2) is 4.79 Å². The average molecular weight is 369 g/mol. The Hall–Kier alpha value is -2.86. The minimum Gasteiger partial charge on any atom is -0.465 e. The monoisotopic (exact) mass is 369 g/mol. The summed E-state index contributed by atoms with van der Waals surface area (Å²) in [5.41, 5.74) is 2.30. The molecule has 3 rings (SSSR count). The molecule has 0 fully saturated rings. The van der Waals surface area contributed by atoms with Gasteiger partial charge in [0.05, 0.1) is 18.5 Å². The lowest BCUT2D eigenvalue weighted by molar-refractivity contribution is 0.0598. The lowest BCUT2D eigenvalue weighted by Crippen LogP contribution is -2.25. The molecule has 0 aliphatic rings. The molecule has 0 unspecified atom stereocenters. The molecule has 0 aliphatic carbocycles. The summed E-state index contributed by atoms with van der Waals surface area (Å²) in [6, 6.07) is 13.4. The Morgan fingerprint density at radius 1 is 1.19 bits per heavy atom. The van der Waals surface area contributed by atoms with Gasteiger partial charge in [-0.1, -0.05) is 30.3 Å². The van der Waals surface area contributed by atoms with Crippen LogP contribution in [0.25, 0.3) is 11.1 Å². The number of thiophene rings is 1. The minimum atomic E-state index is -0.448. The van der Waals surface area contributed by atoms with Crippen LogP contribution in [0.1, 0.15) is 31.6 Å². The summed E-state index contributed by atoms with van der Waals surface area (Å²) >= 11 is 1.41. The summed E-state index contributed by atoms with van der Waals surface area (Å²) in [7, 11) is 3.04. The van der Waals surface area contributed by atoms with E-state index >= 15 is 0 Å². The molecule has 6 heteroatoms. The van der Waals surface area contributed by atoms with Crippen molar-refractivity contribution in [2.24, 2.45) is 0 Å². The summed E-state index contributed by atoms with van der Waals surface area (Å²) in [5, 5.41) is 1.91. The zero-order valence-corrected chi connectivity index (χ0v) is 15.6. The first-order valence-electron chi connectivity index (χ1n) is 8.07. The molecule has 0 radical (unpaired) electrons. The van der Waals surface area contributed by atoms with Crippen molar-refractivity contribution in [1.29, 1.82) is 0 Å². The summed E-state index contributed by atoms with van der Waals surface area (Å²) in [6.45, 7) is 1.97. The van der Waals surface area contributed by atoms with Crippen molar-refractivity contribution in [2.75, 3.05) is 14.2 Å². The number of carbonyl (C=O) groups is 2. The largest absolute Gasteiger partial charge is 0.465 e. The number of amides is 1. The van der Waals surface area contributed by atoms with Gasteiger partial charge in [0, 0.05) is 12.6 Å². The van der Waals surface area contributed by atoms with Crippen LogP contribution in [-0.2, 0) is 11.3 Å². The molecule has 5 nitrogen and oxygen atoms in total. The maximum atomic E-state index is 12.9. The van der Waals surface area contributed by atoms with E-state index < -0.39 is 5.97 Å². The zero-order chi connectivity index (χ0) is 18.7. The van der Waals surface area contributed by atoms with Crippen LogP contribution in [0, 0.1) is 6.92 Å². The van der Waals surface area contributed by atoms with Gasteiger partial charge in [0.25, 0.3) is 5.91 Å². The van der Waals surface area contributed by atoms with Crippen molar-refractivity contribution >= 4 is 23.2 Å². The molecule has 0 saturated heterocycles. The van der Waals surface area contributed by atoms with Gasteiger partial charge in [0.15, 0.2) is 0 Å². The Morgan fingerprint density at radius 2 is 1.92 bits per heavy atom. The molecule has 0 atom stereocenters. The molecule has 134 valence electrons. The third-order valence-electron chi connectivity index (χ3n) is 4.06. The second kappa shape index (κ2) is 7.58. The first kappa shape index (κ1) is 17.9. The number of methoxy groups -OCH3 is 1. The van der Waals surface area contributed by atoms with Crippen LogP contribution in [0.15, 0.2) is 52.3 Å². The molecule has 0 spiro atoms. The highest BCUT2D eigenvalue weighted by molar-refractivity contribution is 7.12. The number of furan rings is 1. The van der Waals surface area contributed by atoms with Crippen LogP contribution in [0.4, 0.5) is 0 Å². The predicted octanol–water partition coefficient (Wildman–Crippen LogP) is 4.38. The molecule has 1 amide bonds. The number of hydrogen-bond acceptors (Lipinski definition) is 5. The molecule has 0 bridgehead atoms. The summed E-state index contributed by atoms with van der Waals surface area (Å²) in [5.74, 6) is 0.481. The molecule has 2 aromatic heterocycles. The minimum absolute atomic E-state index is 0.0903. The second-order valence-corrected chi connectivity index (χ2v) is 6.78. The maximum absolute atomic E-state index is 12.9. The van der Waals surface area contributed by atoms with Gasteiger partial charge >= 0.3 is 5.97 Å². The number of ether oxygens (including phenoxy) is 1. The van der Waals surface area contributed by atoms with E-state index in [1.807, 2.05) is 41.8 Å². The number of nitrogens with zero attached hydrogens (tertiary/aromatic N) is 1. The van der Waals surface area contributed by atoms with Gasteiger partial charge in [-0.05, 0) is 30.0 Å². The number of carbonyl (C=O) groups excluding carboxylic acids is 2. The van der Waals surface area contributed by atoms with E-state index in [0.29, 0.717) is 22.0 Å². The fourth-order valence-corrected chi connectivity index (χ4v) is 3.64. The molecule has 2 heterocycles. The molecular weight excluding hydrogens is 350 g/mol. The van der Waals surface area contributed by atoms with E-state index in [1.54, 1.807) is 24.9 Å². The van der Waals surface area contributed by atoms with Gasteiger partial charge in [-0.3, -0.25) is 4.79 Å². The quantitative estimate of drug-likeness (QED) is 0.627. The van der Waals surface area contributed by atoms with E-state index in [0.717, 1.165) is 11.1 Å². The molecule has 3 aromatic rings. The van der Waals surface area contributed by atoms with Crippen molar-refractivity contribution in [1.82, 2.24) is 4.90 Å². The third-order valence-corrected chi connectivity index (χ3v) is 4.96. The summed E-state index contributed by atoms with van der Waals surface area (Å²) in [6.07, 6.45) is 0. The van der Waals surface area contributed by atoms with Gasteiger partial charge in [-0.2, -0.15) is 0 Å². The van der Waals surface area contributed by atoms with Crippen LogP contribution < -0.4 is 0 Å². The van der Waals surface area contributed by atoms with E-state index in [9.17, 15) is 9.59 Å². The number of benzene rings is 1. The van der Waals surface area contributed by atoms with Gasteiger partial charge in [0.2, 0.25) is 0 Å². The Bertz CT molecular complexity index is 926. The van der Waals surface area contributed by atoms with Crippen LogP contribution in [0.5, 0.6) is 0 Å². The highest BCUT2D eigenvalue weighted by Gasteiger charge is 2.21. The third kappa shape index (κ3) is 3.55. The van der Waals surface area contributed by atoms with Crippen LogP contribution in [0.3, 0.4) is 0 Å². The Balaban J connectivity index is 1.80. The normalized spacial score (nSPS) is 10.6. The maximum Gasteiger partial charge on any atom is 0.341 e. The van der Waals surface area contributed by atoms with Crippen LogP contribution in [-0.4, -0.2) is 30.9 Å². The van der Waals surface area contributed by atoms with Crippen molar-refractivity contribution in [3.05, 3.63) is 69.8 Å². The highest BCUT2D eigenvalue weighted by Crippen LogP contribution is 2.29. The topological polar surface area (TPSA) is 59.8 Å². The van der Waals surface area contributed by atoms with Crippen molar-refractivity contribution < 1.29 is 18.7 Å². The fourth-order valence-electron chi connectivity index (χ4n) is 2.73. The fraction of sp³-hybridized carbons (Fsp3) is 0.200. The van der Waals surface area contributed by atoms with Crippen molar-refractivity contribution in [3.8, 4) is 11.1 Å². The van der Waals surface area contributed by atoms with E-state index in [4.69, 9.17) is 9.15 Å². The molecular formula is C20H19NO4S. The van der Waals surface area contributed by atoms with Crippen molar-refractivity contribution in [3.63, 3.8) is 0 Å². The molecule has 0 N–H and O–H groups in total. The van der Waals surface area contributed by atoms with Crippen LogP contribution >= 0.6 is 11.3 Å². The van der Waals surface area contributed by atoms with Crippen molar-refractivity contribution in [2.45, 2.75) is 13.5 Å². The zero-order valence-electron chi connectivity index (χ0n) is 14.8. The van der Waals surface area contributed by atoms with E-state index in [1.165, 1.54) is 18.4 Å². The lowest BCUT2D eigenvalue weighted by atomic mass is 10.1. The van der Waals surface area contributed by atoms with E-state index in [2.05, 4.69) is 0 Å².